The molecule has 1 aliphatic rings. The maximum atomic E-state index is 11.2. The predicted molar refractivity (Wildman–Crippen MR) is 55.8 cm³/mol. The molecular formula is C9H15ClN2O3. The number of halogens is 1. The van der Waals surface area contributed by atoms with Crippen molar-refractivity contribution in [2.75, 3.05) is 7.11 Å². The molecule has 0 aliphatic heterocycles. The fraction of sp³-hybridized carbons (Fsp3) is 0.778. The minimum Gasteiger partial charge on any atom is -0.381 e. The third-order valence-electron chi connectivity index (χ3n) is 2.36. The van der Waals surface area contributed by atoms with E-state index < -0.39 is 17.3 Å². The minimum atomic E-state index is -0.705. The van der Waals surface area contributed by atoms with Gasteiger partial charge in [0.15, 0.2) is 0 Å². The lowest BCUT2D eigenvalue weighted by molar-refractivity contribution is -0.119. The zero-order chi connectivity index (χ0) is 11.4. The first-order valence-electron chi connectivity index (χ1n) is 4.81. The van der Waals surface area contributed by atoms with Crippen molar-refractivity contribution < 1.29 is 14.3 Å². The molecule has 0 saturated heterocycles. The van der Waals surface area contributed by atoms with Gasteiger partial charge in [-0.1, -0.05) is 0 Å². The van der Waals surface area contributed by atoms with Crippen molar-refractivity contribution >= 4 is 23.5 Å². The molecule has 1 fully saturated rings. The Morgan fingerprint density at radius 2 is 2.07 bits per heavy atom. The van der Waals surface area contributed by atoms with Crippen molar-refractivity contribution in [3.63, 3.8) is 0 Å². The van der Waals surface area contributed by atoms with Crippen LogP contribution in [0.25, 0.3) is 0 Å². The molecule has 3 amide bonds. The first-order chi connectivity index (χ1) is 7.02. The quantitative estimate of drug-likeness (QED) is 0.704. The summed E-state index contributed by atoms with van der Waals surface area (Å²) in [6.07, 6.45) is 1.79. The van der Waals surface area contributed by atoms with Crippen LogP contribution in [0.15, 0.2) is 0 Å². The van der Waals surface area contributed by atoms with Crippen molar-refractivity contribution in [2.45, 2.75) is 37.3 Å². The van der Waals surface area contributed by atoms with Gasteiger partial charge in [0.05, 0.1) is 6.10 Å². The highest BCUT2D eigenvalue weighted by Gasteiger charge is 2.30. The molecule has 1 rings (SSSR count). The number of carbonyl (C=O) groups excluding carboxylic acids is 2. The second-order valence-corrected chi connectivity index (χ2v) is 4.26. The number of amides is 3. The average Bonchev–Trinajstić information content (AvgIpc) is 2.10. The van der Waals surface area contributed by atoms with Crippen LogP contribution in [0.3, 0.4) is 0 Å². The number of hydrogen-bond acceptors (Lipinski definition) is 3. The Morgan fingerprint density at radius 3 is 2.53 bits per heavy atom. The number of nitrogens with one attached hydrogen (secondary N) is 2. The Bertz CT molecular complexity index is 252. The third-order valence-corrected chi connectivity index (χ3v) is 2.56. The Morgan fingerprint density at radius 1 is 1.47 bits per heavy atom. The highest BCUT2D eigenvalue weighted by molar-refractivity contribution is 6.31. The molecule has 0 heterocycles. The van der Waals surface area contributed by atoms with E-state index in [-0.39, 0.29) is 12.1 Å². The maximum absolute atomic E-state index is 11.2. The lowest BCUT2D eigenvalue weighted by Gasteiger charge is -2.34. The van der Waals surface area contributed by atoms with Crippen LogP contribution in [0, 0.1) is 0 Å². The van der Waals surface area contributed by atoms with Crippen molar-refractivity contribution in [2.24, 2.45) is 0 Å². The van der Waals surface area contributed by atoms with Crippen LogP contribution in [-0.4, -0.2) is 36.6 Å². The lowest BCUT2D eigenvalue weighted by Crippen LogP contribution is -2.52. The molecule has 1 atom stereocenters. The molecule has 86 valence electrons. The number of urea groups is 1. The van der Waals surface area contributed by atoms with E-state index in [4.69, 9.17) is 16.3 Å². The number of imide groups is 1. The largest absolute Gasteiger partial charge is 0.381 e. The van der Waals surface area contributed by atoms with Gasteiger partial charge in [0.25, 0.3) is 0 Å². The molecule has 5 nitrogen and oxygen atoms in total. The standard InChI is InChI=1S/C9H15ClN2O3/c1-5(10)8(13)12-9(14)11-6-3-7(4-6)15-2/h5-7H,3-4H2,1-2H3,(H2,11,12,13,14). The highest BCUT2D eigenvalue weighted by Crippen LogP contribution is 2.22. The number of alkyl halides is 1. The van der Waals surface area contributed by atoms with Crippen LogP contribution in [0.5, 0.6) is 0 Å². The number of ether oxygens (including phenoxy) is 1. The molecule has 0 aromatic rings. The van der Waals surface area contributed by atoms with Crippen LogP contribution < -0.4 is 10.6 Å². The molecule has 2 N–H and O–H groups in total. The molecule has 0 aromatic heterocycles. The van der Waals surface area contributed by atoms with Crippen LogP contribution >= 0.6 is 11.6 Å². The molecule has 0 spiro atoms. The summed E-state index contributed by atoms with van der Waals surface area (Å²) in [6.45, 7) is 1.51. The van der Waals surface area contributed by atoms with E-state index >= 15 is 0 Å². The van der Waals surface area contributed by atoms with Gasteiger partial charge in [0.2, 0.25) is 5.91 Å². The summed E-state index contributed by atoms with van der Waals surface area (Å²) in [7, 11) is 1.64. The van der Waals surface area contributed by atoms with E-state index in [1.54, 1.807) is 7.11 Å². The van der Waals surface area contributed by atoms with E-state index in [0.29, 0.717) is 0 Å². The normalized spacial score (nSPS) is 26.3. The Balaban J connectivity index is 2.18. The zero-order valence-corrected chi connectivity index (χ0v) is 9.50. The topological polar surface area (TPSA) is 67.4 Å². The molecule has 0 radical (unpaired) electrons. The second-order valence-electron chi connectivity index (χ2n) is 3.60. The molecular weight excluding hydrogens is 220 g/mol. The van der Waals surface area contributed by atoms with Gasteiger partial charge in [-0.15, -0.1) is 11.6 Å². The smallest absolute Gasteiger partial charge is 0.321 e. The van der Waals surface area contributed by atoms with Crippen LogP contribution in [-0.2, 0) is 9.53 Å². The third kappa shape index (κ3) is 3.68. The van der Waals surface area contributed by atoms with Gasteiger partial charge in [-0.3, -0.25) is 10.1 Å². The van der Waals surface area contributed by atoms with Crippen LogP contribution in [0.1, 0.15) is 19.8 Å². The monoisotopic (exact) mass is 234 g/mol. The number of rotatable bonds is 3. The molecule has 1 aliphatic carbocycles. The Hall–Kier alpha value is -0.810. The SMILES string of the molecule is COC1CC(NC(=O)NC(=O)C(C)Cl)C1. The molecule has 0 aromatic carbocycles. The molecule has 0 bridgehead atoms. The van der Waals surface area contributed by atoms with E-state index in [9.17, 15) is 9.59 Å². The second kappa shape index (κ2) is 5.32. The van der Waals surface area contributed by atoms with E-state index in [1.165, 1.54) is 6.92 Å². The summed E-state index contributed by atoms with van der Waals surface area (Å²) < 4.78 is 5.06. The van der Waals surface area contributed by atoms with Crippen molar-refractivity contribution in [3.05, 3.63) is 0 Å². The van der Waals surface area contributed by atoms with Gasteiger partial charge in [0.1, 0.15) is 5.38 Å². The minimum absolute atomic E-state index is 0.0911. The fourth-order valence-corrected chi connectivity index (χ4v) is 1.36. The van der Waals surface area contributed by atoms with Crippen LogP contribution in [0.4, 0.5) is 4.79 Å². The fourth-order valence-electron chi connectivity index (χ4n) is 1.31. The number of methoxy groups -OCH3 is 1. The molecule has 6 heteroatoms. The van der Waals surface area contributed by atoms with E-state index in [2.05, 4.69) is 10.6 Å². The van der Waals surface area contributed by atoms with E-state index in [0.717, 1.165) is 12.8 Å². The molecule has 1 saturated carbocycles. The summed E-state index contributed by atoms with van der Waals surface area (Å²) in [6, 6.07) is -0.402. The summed E-state index contributed by atoms with van der Waals surface area (Å²) in [5.41, 5.74) is 0. The van der Waals surface area contributed by atoms with Gasteiger partial charge in [-0.2, -0.15) is 0 Å². The Kier molecular flexibility index (Phi) is 4.35. The summed E-state index contributed by atoms with van der Waals surface area (Å²) in [5.74, 6) is -0.489. The van der Waals surface area contributed by atoms with Gasteiger partial charge in [-0.25, -0.2) is 4.79 Å². The Labute approximate surface area is 93.5 Å². The number of hydrogen-bond donors (Lipinski definition) is 2. The van der Waals surface area contributed by atoms with Gasteiger partial charge in [-0.05, 0) is 19.8 Å². The zero-order valence-electron chi connectivity index (χ0n) is 8.75. The van der Waals surface area contributed by atoms with Gasteiger partial charge < -0.3 is 10.1 Å². The van der Waals surface area contributed by atoms with Crippen molar-refractivity contribution in [3.8, 4) is 0 Å². The lowest BCUT2D eigenvalue weighted by atomic mass is 9.89. The summed E-state index contributed by atoms with van der Waals surface area (Å²) in [4.78, 5) is 22.2. The highest BCUT2D eigenvalue weighted by atomic mass is 35.5. The first kappa shape index (κ1) is 12.3. The van der Waals surface area contributed by atoms with Crippen molar-refractivity contribution in [1.29, 1.82) is 0 Å². The average molecular weight is 235 g/mol. The van der Waals surface area contributed by atoms with Crippen LogP contribution in [0.2, 0.25) is 0 Å². The van der Waals surface area contributed by atoms with Gasteiger partial charge in [0, 0.05) is 13.2 Å². The van der Waals surface area contributed by atoms with E-state index in [1.807, 2.05) is 0 Å². The number of carbonyl (C=O) groups is 2. The summed E-state index contributed by atoms with van der Waals surface area (Å²) >= 11 is 5.49. The van der Waals surface area contributed by atoms with Gasteiger partial charge >= 0.3 is 6.03 Å². The summed E-state index contributed by atoms with van der Waals surface area (Å²) in [5, 5.41) is 4.10. The molecule has 15 heavy (non-hydrogen) atoms. The maximum Gasteiger partial charge on any atom is 0.321 e. The van der Waals surface area contributed by atoms with Crippen molar-refractivity contribution in [1.82, 2.24) is 10.6 Å². The predicted octanol–water partition coefficient (Wildman–Crippen LogP) is 0.617. The molecule has 1 unspecified atom stereocenters. The first-order valence-corrected chi connectivity index (χ1v) is 5.24.